The van der Waals surface area contributed by atoms with E-state index in [1.54, 1.807) is 7.11 Å². The highest BCUT2D eigenvalue weighted by Crippen LogP contribution is 2.26. The molecule has 1 atom stereocenters. The van der Waals surface area contributed by atoms with Crippen LogP contribution in [0.2, 0.25) is 0 Å². The number of hydrogen-bond acceptors (Lipinski definition) is 4. The number of aryl methyl sites for hydroxylation is 1. The van der Waals surface area contributed by atoms with Crippen LogP contribution in [0.3, 0.4) is 0 Å². The molecule has 37 heavy (non-hydrogen) atoms. The summed E-state index contributed by atoms with van der Waals surface area (Å²) in [6.07, 6.45) is 5.70. The molecule has 2 fully saturated rings. The number of ether oxygens (including phenoxy) is 1. The van der Waals surface area contributed by atoms with E-state index < -0.39 is 6.04 Å². The van der Waals surface area contributed by atoms with Crippen LogP contribution >= 0.6 is 0 Å². The second-order valence-corrected chi connectivity index (χ2v) is 10.2. The number of carbonyl (C=O) groups is 2. The van der Waals surface area contributed by atoms with Gasteiger partial charge in [0.15, 0.2) is 0 Å². The molecule has 0 aliphatic carbocycles. The van der Waals surface area contributed by atoms with Crippen LogP contribution in [0.4, 0.5) is 4.79 Å². The minimum atomic E-state index is -0.446. The molecule has 0 unspecified atom stereocenters. The summed E-state index contributed by atoms with van der Waals surface area (Å²) in [5.41, 5.74) is 2.37. The highest BCUT2D eigenvalue weighted by Gasteiger charge is 2.44. The highest BCUT2D eigenvalue weighted by molar-refractivity contribution is 6.04. The first kappa shape index (κ1) is 25.3. The van der Waals surface area contributed by atoms with Gasteiger partial charge >= 0.3 is 6.03 Å². The van der Waals surface area contributed by atoms with Crippen molar-refractivity contribution in [2.75, 3.05) is 39.8 Å². The van der Waals surface area contributed by atoms with E-state index in [1.165, 1.54) is 23.3 Å². The first-order valence-electron chi connectivity index (χ1n) is 13.6. The lowest BCUT2D eigenvalue weighted by Crippen LogP contribution is -2.39. The molecular formula is C31H37N3O3. The monoisotopic (exact) mass is 499 g/mol. The molecule has 3 amide bonds. The molecule has 2 heterocycles. The van der Waals surface area contributed by atoms with Crippen LogP contribution in [0.5, 0.6) is 5.75 Å². The summed E-state index contributed by atoms with van der Waals surface area (Å²) in [5.74, 6) is 0.808. The van der Waals surface area contributed by atoms with Crippen LogP contribution in [0.1, 0.15) is 36.8 Å². The van der Waals surface area contributed by atoms with Crippen LogP contribution in [0, 0.1) is 0 Å². The summed E-state index contributed by atoms with van der Waals surface area (Å²) in [5, 5.41) is 2.31. The van der Waals surface area contributed by atoms with E-state index in [4.69, 9.17) is 4.74 Å². The number of urea groups is 1. The number of hydrogen-bond donors (Lipinski definition) is 0. The van der Waals surface area contributed by atoms with Gasteiger partial charge in [-0.2, -0.15) is 0 Å². The van der Waals surface area contributed by atoms with Crippen molar-refractivity contribution >= 4 is 22.7 Å². The average Bonchev–Trinajstić information content (AvgIpc) is 3.53. The molecule has 0 N–H and O–H groups in total. The average molecular weight is 500 g/mol. The minimum Gasteiger partial charge on any atom is -0.497 e. The Balaban J connectivity index is 1.28. The molecule has 3 aromatic rings. The van der Waals surface area contributed by atoms with Crippen molar-refractivity contribution in [3.63, 3.8) is 0 Å². The van der Waals surface area contributed by atoms with E-state index >= 15 is 0 Å². The zero-order chi connectivity index (χ0) is 25.6. The van der Waals surface area contributed by atoms with Gasteiger partial charge in [0, 0.05) is 26.1 Å². The summed E-state index contributed by atoms with van der Waals surface area (Å²) >= 11 is 0. The molecule has 0 radical (unpaired) electrons. The maximum absolute atomic E-state index is 13.6. The summed E-state index contributed by atoms with van der Waals surface area (Å²) < 4.78 is 5.25. The summed E-state index contributed by atoms with van der Waals surface area (Å²) in [7, 11) is 1.67. The fourth-order valence-corrected chi connectivity index (χ4v) is 5.68. The van der Waals surface area contributed by atoms with Crippen LogP contribution < -0.4 is 4.74 Å². The Morgan fingerprint density at radius 3 is 2.38 bits per heavy atom. The van der Waals surface area contributed by atoms with Gasteiger partial charge in [0.1, 0.15) is 11.8 Å². The lowest BCUT2D eigenvalue weighted by atomic mass is 9.98. The van der Waals surface area contributed by atoms with E-state index in [2.05, 4.69) is 41.3 Å². The van der Waals surface area contributed by atoms with Gasteiger partial charge in [0.2, 0.25) is 0 Å². The van der Waals surface area contributed by atoms with Crippen molar-refractivity contribution in [1.82, 2.24) is 14.7 Å². The molecule has 6 nitrogen and oxygen atoms in total. The Hall–Kier alpha value is -3.38. The largest absolute Gasteiger partial charge is 0.497 e. The fraction of sp³-hybridized carbons (Fsp3) is 0.419. The zero-order valence-corrected chi connectivity index (χ0v) is 21.8. The van der Waals surface area contributed by atoms with Crippen LogP contribution in [-0.4, -0.2) is 72.5 Å². The predicted octanol–water partition coefficient (Wildman–Crippen LogP) is 5.14. The van der Waals surface area contributed by atoms with Gasteiger partial charge in [0.25, 0.3) is 5.91 Å². The van der Waals surface area contributed by atoms with Gasteiger partial charge in [-0.1, -0.05) is 54.6 Å². The zero-order valence-electron chi connectivity index (χ0n) is 21.8. The third-order valence-electron chi connectivity index (χ3n) is 7.81. The number of amides is 3. The lowest BCUT2D eigenvalue weighted by Gasteiger charge is -2.22. The number of fused-ring (bicyclic) bond motifs is 1. The van der Waals surface area contributed by atoms with Crippen molar-refractivity contribution in [3.8, 4) is 5.75 Å². The number of likely N-dealkylation sites (tertiary alicyclic amines) is 1. The maximum Gasteiger partial charge on any atom is 0.327 e. The van der Waals surface area contributed by atoms with Gasteiger partial charge in [-0.05, 0) is 79.2 Å². The summed E-state index contributed by atoms with van der Waals surface area (Å²) in [6.45, 7) is 3.96. The highest BCUT2D eigenvalue weighted by atomic mass is 16.5. The molecule has 2 aliphatic heterocycles. The molecule has 5 rings (SSSR count). The third-order valence-corrected chi connectivity index (χ3v) is 7.81. The number of methoxy groups -OCH3 is 1. The molecule has 3 aromatic carbocycles. The standard InChI is InChI=1S/C31H37N3O3/c1-37-27-16-14-24(15-17-27)9-4-5-20-33-29(23-26-12-8-11-25-10-2-3-13-28(25)26)30(35)34(31(33)36)22-21-32-18-6-7-19-32/h2-3,8,10-17,29H,4-7,9,18-23H2,1H3/t29-/m0/s1. The molecule has 194 valence electrons. The summed E-state index contributed by atoms with van der Waals surface area (Å²) in [6, 6.07) is 22.1. The number of nitrogens with zero attached hydrogens (tertiary/aromatic N) is 3. The van der Waals surface area contributed by atoms with Crippen LogP contribution in [0.25, 0.3) is 10.8 Å². The molecule has 0 spiro atoms. The molecule has 0 saturated carbocycles. The molecular weight excluding hydrogens is 462 g/mol. The first-order chi connectivity index (χ1) is 18.1. The lowest BCUT2D eigenvalue weighted by molar-refractivity contribution is -0.128. The van der Waals surface area contributed by atoms with Gasteiger partial charge in [0.05, 0.1) is 7.11 Å². The summed E-state index contributed by atoms with van der Waals surface area (Å²) in [4.78, 5) is 32.8. The van der Waals surface area contributed by atoms with Gasteiger partial charge < -0.3 is 14.5 Å². The Morgan fingerprint density at radius 2 is 1.59 bits per heavy atom. The first-order valence-corrected chi connectivity index (χ1v) is 13.6. The number of rotatable bonds is 11. The van der Waals surface area contributed by atoms with Crippen LogP contribution in [0.15, 0.2) is 66.7 Å². The minimum absolute atomic E-state index is 0.0488. The number of benzene rings is 3. The van der Waals surface area contributed by atoms with Gasteiger partial charge in [-0.25, -0.2) is 4.79 Å². The Morgan fingerprint density at radius 1 is 0.838 bits per heavy atom. The quantitative estimate of drug-likeness (QED) is 0.271. The van der Waals surface area contributed by atoms with Crippen molar-refractivity contribution in [3.05, 3.63) is 77.9 Å². The molecule has 2 saturated heterocycles. The van der Waals surface area contributed by atoms with Crippen molar-refractivity contribution < 1.29 is 14.3 Å². The van der Waals surface area contributed by atoms with E-state index in [0.29, 0.717) is 19.5 Å². The number of unbranched alkanes of at least 4 members (excludes halogenated alkanes) is 1. The Kier molecular flexibility index (Phi) is 8.05. The number of imide groups is 1. The third kappa shape index (κ3) is 5.80. The van der Waals surface area contributed by atoms with E-state index in [-0.39, 0.29) is 11.9 Å². The SMILES string of the molecule is COc1ccc(CCCCN2C(=O)N(CCN3CCCC3)C(=O)[C@@H]2Cc2cccc3ccccc23)cc1. The van der Waals surface area contributed by atoms with E-state index in [0.717, 1.165) is 61.0 Å². The second kappa shape index (κ2) is 11.8. The van der Waals surface area contributed by atoms with Crippen molar-refractivity contribution in [1.29, 1.82) is 0 Å². The number of carbonyl (C=O) groups excluding carboxylic acids is 2. The smallest absolute Gasteiger partial charge is 0.327 e. The van der Waals surface area contributed by atoms with Gasteiger partial charge in [-0.15, -0.1) is 0 Å². The van der Waals surface area contributed by atoms with Crippen molar-refractivity contribution in [2.24, 2.45) is 0 Å². The van der Waals surface area contributed by atoms with E-state index in [9.17, 15) is 9.59 Å². The maximum atomic E-state index is 13.6. The Labute approximate surface area is 219 Å². The van der Waals surface area contributed by atoms with Crippen molar-refractivity contribution in [2.45, 2.75) is 44.6 Å². The van der Waals surface area contributed by atoms with Gasteiger partial charge in [-0.3, -0.25) is 9.69 Å². The second-order valence-electron chi connectivity index (χ2n) is 10.2. The van der Waals surface area contributed by atoms with Crippen LogP contribution in [-0.2, 0) is 17.6 Å². The Bertz CT molecular complexity index is 1210. The molecule has 2 aliphatic rings. The fourth-order valence-electron chi connectivity index (χ4n) is 5.68. The molecule has 0 aromatic heterocycles. The normalized spacial score (nSPS) is 18.4. The van der Waals surface area contributed by atoms with E-state index in [1.807, 2.05) is 35.2 Å². The predicted molar refractivity (Wildman–Crippen MR) is 147 cm³/mol. The molecule has 6 heteroatoms. The molecule has 0 bridgehead atoms. The topological polar surface area (TPSA) is 53.1 Å².